The molecule has 0 bridgehead atoms. The van der Waals surface area contributed by atoms with Crippen LogP contribution >= 0.6 is 11.5 Å². The van der Waals surface area contributed by atoms with Crippen LogP contribution in [-0.4, -0.2) is 21.0 Å². The van der Waals surface area contributed by atoms with Gasteiger partial charge in [-0.3, -0.25) is 0 Å². The van der Waals surface area contributed by atoms with E-state index in [4.69, 9.17) is 5.11 Å². The minimum absolute atomic E-state index is 0.0998. The number of nitrogens with zero attached hydrogens (tertiary/aromatic N) is 2. The van der Waals surface area contributed by atoms with E-state index >= 15 is 0 Å². The van der Waals surface area contributed by atoms with Crippen LogP contribution in [0.1, 0.15) is 17.0 Å². The van der Waals surface area contributed by atoms with Crippen LogP contribution in [0.3, 0.4) is 0 Å². The second-order valence-corrected chi connectivity index (χ2v) is 4.55. The highest BCUT2D eigenvalue weighted by molar-refractivity contribution is 7.09. The molecule has 0 aliphatic carbocycles. The van der Waals surface area contributed by atoms with Crippen molar-refractivity contribution in [1.29, 1.82) is 0 Å². The molecule has 0 radical (unpaired) electrons. The van der Waals surface area contributed by atoms with Crippen molar-refractivity contribution >= 4 is 16.7 Å². The molecule has 0 aliphatic heterocycles. The van der Waals surface area contributed by atoms with Gasteiger partial charge < -0.3 is 10.4 Å². The first-order valence-corrected chi connectivity index (χ1v) is 6.28. The number of aromatic nitrogens is 2. The second-order valence-electron chi connectivity index (χ2n) is 3.80. The van der Waals surface area contributed by atoms with Crippen molar-refractivity contribution in [3.05, 3.63) is 41.2 Å². The molecule has 0 atom stereocenters. The van der Waals surface area contributed by atoms with Crippen molar-refractivity contribution < 1.29 is 5.11 Å². The number of aliphatic hydroxyl groups is 1. The number of anilines is 1. The predicted molar refractivity (Wildman–Crippen MR) is 69.2 cm³/mol. The molecule has 0 amide bonds. The van der Waals surface area contributed by atoms with Crippen LogP contribution in [0.15, 0.2) is 24.3 Å². The van der Waals surface area contributed by atoms with E-state index in [0.29, 0.717) is 0 Å². The van der Waals surface area contributed by atoms with E-state index in [1.165, 1.54) is 17.1 Å². The first kappa shape index (κ1) is 12.0. The summed E-state index contributed by atoms with van der Waals surface area (Å²) in [4.78, 5) is 4.23. The van der Waals surface area contributed by atoms with Crippen LogP contribution < -0.4 is 5.32 Å². The van der Waals surface area contributed by atoms with Gasteiger partial charge >= 0.3 is 0 Å². The highest BCUT2D eigenvalue weighted by Gasteiger charge is 1.99. The quantitative estimate of drug-likeness (QED) is 0.851. The molecule has 2 rings (SSSR count). The molecule has 0 spiro atoms. The topological polar surface area (TPSA) is 58.0 Å². The molecule has 0 saturated heterocycles. The molecule has 90 valence electrons. The first-order chi connectivity index (χ1) is 8.28. The molecule has 1 heterocycles. The van der Waals surface area contributed by atoms with E-state index in [-0.39, 0.29) is 6.61 Å². The van der Waals surface area contributed by atoms with Crippen LogP contribution in [0.25, 0.3) is 0 Å². The summed E-state index contributed by atoms with van der Waals surface area (Å²) in [6, 6.07) is 7.98. The third-order valence-electron chi connectivity index (χ3n) is 2.42. The van der Waals surface area contributed by atoms with E-state index in [1.807, 2.05) is 31.2 Å². The van der Waals surface area contributed by atoms with Gasteiger partial charge in [0.25, 0.3) is 0 Å². The molecule has 0 unspecified atom stereocenters. The van der Waals surface area contributed by atoms with Gasteiger partial charge in [0, 0.05) is 18.1 Å². The Bertz CT molecular complexity index is 467. The normalized spacial score (nSPS) is 10.5. The summed E-state index contributed by atoms with van der Waals surface area (Å²) in [6.45, 7) is 2.82. The molecule has 0 saturated carbocycles. The molecule has 17 heavy (non-hydrogen) atoms. The molecule has 0 fully saturated rings. The molecule has 1 aromatic carbocycles. The van der Waals surface area contributed by atoms with E-state index in [1.54, 1.807) is 0 Å². The van der Waals surface area contributed by atoms with Crippen LogP contribution in [0.5, 0.6) is 0 Å². The Labute approximate surface area is 105 Å². The van der Waals surface area contributed by atoms with Crippen LogP contribution in [0, 0.1) is 6.92 Å². The predicted octanol–water partition coefficient (Wildman–Crippen LogP) is 1.99. The number of hydrogen-bond acceptors (Lipinski definition) is 5. The third-order valence-corrected chi connectivity index (χ3v) is 3.19. The Morgan fingerprint density at radius 3 is 2.53 bits per heavy atom. The summed E-state index contributed by atoms with van der Waals surface area (Å²) in [5, 5.41) is 13.0. The average molecular weight is 249 g/mol. The fraction of sp³-hybridized carbons (Fsp3) is 0.333. The summed E-state index contributed by atoms with van der Waals surface area (Å²) >= 11 is 1.39. The first-order valence-electron chi connectivity index (χ1n) is 5.51. The molecule has 0 aliphatic rings. The summed E-state index contributed by atoms with van der Waals surface area (Å²) in [5.41, 5.74) is 2.19. The number of benzene rings is 1. The van der Waals surface area contributed by atoms with Gasteiger partial charge in [-0.15, -0.1) is 0 Å². The Hall–Kier alpha value is -1.46. The van der Waals surface area contributed by atoms with Crippen molar-refractivity contribution in [2.45, 2.75) is 20.0 Å². The zero-order valence-electron chi connectivity index (χ0n) is 9.68. The molecule has 1 aromatic heterocycles. The molecule has 5 heteroatoms. The van der Waals surface area contributed by atoms with Gasteiger partial charge in [-0.1, -0.05) is 24.3 Å². The SMILES string of the molecule is Cc1nsc(NCCc2ccc(CO)cc2)n1. The van der Waals surface area contributed by atoms with E-state index in [9.17, 15) is 0 Å². The van der Waals surface area contributed by atoms with E-state index in [2.05, 4.69) is 14.7 Å². The van der Waals surface area contributed by atoms with Crippen molar-refractivity contribution in [1.82, 2.24) is 9.36 Å². The maximum absolute atomic E-state index is 8.93. The number of rotatable bonds is 5. The third kappa shape index (κ3) is 3.51. The largest absolute Gasteiger partial charge is 0.392 e. The van der Waals surface area contributed by atoms with Gasteiger partial charge in [-0.05, 0) is 24.5 Å². The highest BCUT2D eigenvalue weighted by Crippen LogP contribution is 2.10. The van der Waals surface area contributed by atoms with Gasteiger partial charge in [0.15, 0.2) is 0 Å². The average Bonchev–Trinajstić information content (AvgIpc) is 2.76. The van der Waals surface area contributed by atoms with E-state index < -0.39 is 0 Å². The lowest BCUT2D eigenvalue weighted by molar-refractivity contribution is 0.282. The van der Waals surface area contributed by atoms with Crippen LogP contribution in [-0.2, 0) is 13.0 Å². The number of hydrogen-bond donors (Lipinski definition) is 2. The van der Waals surface area contributed by atoms with Crippen LogP contribution in [0.2, 0.25) is 0 Å². The minimum Gasteiger partial charge on any atom is -0.392 e. The fourth-order valence-corrected chi connectivity index (χ4v) is 2.09. The van der Waals surface area contributed by atoms with Crippen LogP contribution in [0.4, 0.5) is 5.13 Å². The van der Waals surface area contributed by atoms with E-state index in [0.717, 1.165) is 29.5 Å². The Morgan fingerprint density at radius 1 is 1.24 bits per heavy atom. The lowest BCUT2D eigenvalue weighted by atomic mass is 10.1. The van der Waals surface area contributed by atoms with Gasteiger partial charge in [-0.25, -0.2) is 4.98 Å². The smallest absolute Gasteiger partial charge is 0.202 e. The summed E-state index contributed by atoms with van der Waals surface area (Å²) < 4.78 is 4.11. The van der Waals surface area contributed by atoms with Gasteiger partial charge in [-0.2, -0.15) is 4.37 Å². The molecule has 4 nitrogen and oxygen atoms in total. The maximum atomic E-state index is 8.93. The Balaban J connectivity index is 1.81. The number of aryl methyl sites for hydroxylation is 1. The minimum atomic E-state index is 0.0998. The maximum Gasteiger partial charge on any atom is 0.202 e. The molecular formula is C12H15N3OS. The Morgan fingerprint density at radius 2 is 1.94 bits per heavy atom. The highest BCUT2D eigenvalue weighted by atomic mass is 32.1. The zero-order valence-corrected chi connectivity index (χ0v) is 10.5. The number of nitrogens with one attached hydrogen (secondary N) is 1. The fourth-order valence-electron chi connectivity index (χ4n) is 1.49. The lowest BCUT2D eigenvalue weighted by Crippen LogP contribution is -2.04. The molecule has 2 N–H and O–H groups in total. The standard InChI is InChI=1S/C12H15N3OS/c1-9-14-12(17-15-9)13-7-6-10-2-4-11(8-16)5-3-10/h2-5,16H,6-8H2,1H3,(H,13,14,15). The Kier molecular flexibility index (Phi) is 4.06. The lowest BCUT2D eigenvalue weighted by Gasteiger charge is -2.03. The van der Waals surface area contributed by atoms with Crippen molar-refractivity contribution in [2.75, 3.05) is 11.9 Å². The monoisotopic (exact) mass is 249 g/mol. The van der Waals surface area contributed by atoms with Crippen molar-refractivity contribution in [3.8, 4) is 0 Å². The van der Waals surface area contributed by atoms with Gasteiger partial charge in [0.1, 0.15) is 5.82 Å². The summed E-state index contributed by atoms with van der Waals surface area (Å²) in [6.07, 6.45) is 0.935. The number of aliphatic hydroxyl groups excluding tert-OH is 1. The molecule has 2 aromatic rings. The summed E-state index contributed by atoms with van der Waals surface area (Å²) in [7, 11) is 0. The second kappa shape index (κ2) is 5.75. The van der Waals surface area contributed by atoms with Gasteiger partial charge in [0.2, 0.25) is 5.13 Å². The van der Waals surface area contributed by atoms with Crippen molar-refractivity contribution in [3.63, 3.8) is 0 Å². The summed E-state index contributed by atoms with van der Waals surface area (Å²) in [5.74, 6) is 0.810. The molecular weight excluding hydrogens is 234 g/mol. The van der Waals surface area contributed by atoms with Gasteiger partial charge in [0.05, 0.1) is 6.61 Å². The van der Waals surface area contributed by atoms with Crippen molar-refractivity contribution in [2.24, 2.45) is 0 Å². The zero-order chi connectivity index (χ0) is 12.1.